The maximum absolute atomic E-state index is 11.5. The first-order chi connectivity index (χ1) is 9.13. The fourth-order valence-corrected chi connectivity index (χ4v) is 2.58. The predicted molar refractivity (Wildman–Crippen MR) is 76.6 cm³/mol. The number of thioether (sulfide) groups is 1. The third kappa shape index (κ3) is 3.20. The lowest BCUT2D eigenvalue weighted by Gasteiger charge is -2.06. The number of carbonyl (C=O) groups is 1. The number of carbonyl (C=O) groups excluding carboxylic acids is 1. The zero-order valence-electron chi connectivity index (χ0n) is 11.2. The molecule has 102 valence electrons. The molecule has 0 saturated carbocycles. The van der Waals surface area contributed by atoms with Gasteiger partial charge in [-0.15, -0.1) is 0 Å². The molecule has 0 fully saturated rings. The van der Waals surface area contributed by atoms with E-state index in [-0.39, 0.29) is 11.2 Å². The van der Waals surface area contributed by atoms with Crippen LogP contribution in [0.3, 0.4) is 0 Å². The fraction of sp³-hybridized carbons (Fsp3) is 0.385. The summed E-state index contributed by atoms with van der Waals surface area (Å²) < 4.78 is 5.44. The number of benzene rings is 1. The summed E-state index contributed by atoms with van der Waals surface area (Å²) in [7, 11) is 1.63. The number of H-pyrrole nitrogens is 1. The average molecular weight is 279 g/mol. The van der Waals surface area contributed by atoms with Crippen molar-refractivity contribution in [1.82, 2.24) is 15.3 Å². The number of fused-ring (bicyclic) bond motifs is 1. The smallest absolute Gasteiger partial charge is 0.233 e. The first-order valence-corrected chi connectivity index (χ1v) is 7.02. The summed E-state index contributed by atoms with van der Waals surface area (Å²) in [6.45, 7) is 4.43. The van der Waals surface area contributed by atoms with Gasteiger partial charge in [-0.2, -0.15) is 0 Å². The lowest BCUT2D eigenvalue weighted by atomic mass is 10.3. The highest BCUT2D eigenvalue weighted by Crippen LogP contribution is 2.25. The Morgan fingerprint density at radius 3 is 3.05 bits per heavy atom. The SMILES string of the molecule is CCOc1ccc2nc(S[C@@H](C)C(=O)NC)[nH]c2c1. The van der Waals surface area contributed by atoms with Crippen LogP contribution in [0.2, 0.25) is 0 Å². The monoisotopic (exact) mass is 279 g/mol. The molecule has 0 spiro atoms. The summed E-state index contributed by atoms with van der Waals surface area (Å²) in [5.41, 5.74) is 1.78. The van der Waals surface area contributed by atoms with E-state index in [2.05, 4.69) is 15.3 Å². The van der Waals surface area contributed by atoms with Gasteiger partial charge in [0.1, 0.15) is 5.75 Å². The van der Waals surface area contributed by atoms with E-state index in [1.54, 1.807) is 7.05 Å². The van der Waals surface area contributed by atoms with Crippen molar-refractivity contribution in [3.8, 4) is 5.75 Å². The van der Waals surface area contributed by atoms with Crippen molar-refractivity contribution in [3.05, 3.63) is 18.2 Å². The van der Waals surface area contributed by atoms with Gasteiger partial charge in [0.2, 0.25) is 5.91 Å². The van der Waals surface area contributed by atoms with E-state index in [1.165, 1.54) is 11.8 Å². The molecule has 0 aliphatic heterocycles. The van der Waals surface area contributed by atoms with Gasteiger partial charge in [-0.1, -0.05) is 11.8 Å². The molecule has 6 heteroatoms. The van der Waals surface area contributed by atoms with E-state index in [4.69, 9.17) is 4.74 Å². The Morgan fingerprint density at radius 1 is 1.58 bits per heavy atom. The molecule has 1 aromatic heterocycles. The zero-order valence-corrected chi connectivity index (χ0v) is 12.0. The number of hydrogen-bond donors (Lipinski definition) is 2. The van der Waals surface area contributed by atoms with Gasteiger partial charge in [-0.3, -0.25) is 4.79 Å². The minimum absolute atomic E-state index is 0.0135. The first-order valence-electron chi connectivity index (χ1n) is 6.15. The van der Waals surface area contributed by atoms with E-state index in [1.807, 2.05) is 32.0 Å². The molecule has 1 aromatic carbocycles. The molecule has 0 radical (unpaired) electrons. The normalized spacial score (nSPS) is 12.4. The van der Waals surface area contributed by atoms with E-state index < -0.39 is 0 Å². The average Bonchev–Trinajstić information content (AvgIpc) is 2.79. The lowest BCUT2D eigenvalue weighted by Crippen LogP contribution is -2.27. The molecule has 0 bridgehead atoms. The Bertz CT molecular complexity index is 582. The third-order valence-electron chi connectivity index (χ3n) is 2.65. The Kier molecular flexibility index (Phi) is 4.31. The molecule has 19 heavy (non-hydrogen) atoms. The summed E-state index contributed by atoms with van der Waals surface area (Å²) in [5, 5.41) is 3.18. The van der Waals surface area contributed by atoms with Crippen molar-refractivity contribution >= 4 is 28.7 Å². The molecule has 0 aliphatic carbocycles. The van der Waals surface area contributed by atoms with Crippen LogP contribution < -0.4 is 10.1 Å². The number of nitrogens with one attached hydrogen (secondary N) is 2. The number of hydrogen-bond acceptors (Lipinski definition) is 4. The van der Waals surface area contributed by atoms with Crippen LogP contribution in [-0.4, -0.2) is 34.8 Å². The highest BCUT2D eigenvalue weighted by molar-refractivity contribution is 8.00. The second-order valence-corrected chi connectivity index (χ2v) is 5.36. The predicted octanol–water partition coefficient (Wildman–Crippen LogP) is 2.19. The van der Waals surface area contributed by atoms with Gasteiger partial charge in [0.05, 0.1) is 22.9 Å². The van der Waals surface area contributed by atoms with Gasteiger partial charge in [-0.25, -0.2) is 4.98 Å². The number of rotatable bonds is 5. The first kappa shape index (κ1) is 13.7. The van der Waals surface area contributed by atoms with Crippen molar-refractivity contribution in [1.29, 1.82) is 0 Å². The van der Waals surface area contributed by atoms with Crippen molar-refractivity contribution in [2.45, 2.75) is 24.3 Å². The Labute approximate surface area is 116 Å². The van der Waals surface area contributed by atoms with Crippen molar-refractivity contribution in [2.24, 2.45) is 0 Å². The summed E-state index contributed by atoms with van der Waals surface area (Å²) in [6, 6.07) is 5.72. The minimum atomic E-state index is -0.183. The third-order valence-corrected chi connectivity index (χ3v) is 3.63. The number of imidazole rings is 1. The summed E-state index contributed by atoms with van der Waals surface area (Å²) >= 11 is 1.40. The van der Waals surface area contributed by atoms with Gasteiger partial charge in [-0.05, 0) is 26.0 Å². The fourth-order valence-electron chi connectivity index (χ4n) is 1.70. The molecular weight excluding hydrogens is 262 g/mol. The number of amides is 1. The molecule has 0 unspecified atom stereocenters. The van der Waals surface area contributed by atoms with Crippen LogP contribution in [0.5, 0.6) is 5.75 Å². The second-order valence-electron chi connectivity index (χ2n) is 4.03. The van der Waals surface area contributed by atoms with Gasteiger partial charge in [0, 0.05) is 13.1 Å². The van der Waals surface area contributed by atoms with Gasteiger partial charge >= 0.3 is 0 Å². The molecule has 1 heterocycles. The van der Waals surface area contributed by atoms with Crippen LogP contribution >= 0.6 is 11.8 Å². The van der Waals surface area contributed by atoms with Gasteiger partial charge < -0.3 is 15.0 Å². The maximum Gasteiger partial charge on any atom is 0.233 e. The molecule has 1 atom stereocenters. The lowest BCUT2D eigenvalue weighted by molar-refractivity contribution is -0.119. The highest BCUT2D eigenvalue weighted by atomic mass is 32.2. The zero-order chi connectivity index (χ0) is 13.8. The van der Waals surface area contributed by atoms with Crippen LogP contribution in [-0.2, 0) is 4.79 Å². The summed E-state index contributed by atoms with van der Waals surface area (Å²) in [6.07, 6.45) is 0. The number of nitrogens with zero attached hydrogens (tertiary/aromatic N) is 1. The van der Waals surface area contributed by atoms with Crippen molar-refractivity contribution in [2.75, 3.05) is 13.7 Å². The summed E-state index contributed by atoms with van der Waals surface area (Å²) in [5.74, 6) is 0.801. The molecule has 2 N–H and O–H groups in total. The van der Waals surface area contributed by atoms with Crippen LogP contribution in [0.1, 0.15) is 13.8 Å². The quantitative estimate of drug-likeness (QED) is 0.823. The standard InChI is InChI=1S/C13H17N3O2S/c1-4-18-9-5-6-10-11(7-9)16-13(15-10)19-8(2)12(17)14-3/h5-8H,4H2,1-3H3,(H,14,17)(H,15,16)/t8-/m0/s1. The van der Waals surface area contributed by atoms with Crippen LogP contribution in [0, 0.1) is 0 Å². The number of ether oxygens (including phenoxy) is 1. The molecule has 0 aliphatic rings. The van der Waals surface area contributed by atoms with Crippen LogP contribution in [0.4, 0.5) is 0 Å². The molecule has 0 saturated heterocycles. The molecule has 2 aromatic rings. The topological polar surface area (TPSA) is 67.0 Å². The maximum atomic E-state index is 11.5. The Balaban J connectivity index is 2.19. The van der Waals surface area contributed by atoms with Crippen LogP contribution in [0.25, 0.3) is 11.0 Å². The van der Waals surface area contributed by atoms with E-state index >= 15 is 0 Å². The van der Waals surface area contributed by atoms with E-state index in [9.17, 15) is 4.79 Å². The second kappa shape index (κ2) is 5.97. The van der Waals surface area contributed by atoms with E-state index in [0.717, 1.165) is 21.9 Å². The van der Waals surface area contributed by atoms with Gasteiger partial charge in [0.15, 0.2) is 5.16 Å². The molecule has 5 nitrogen and oxygen atoms in total. The highest BCUT2D eigenvalue weighted by Gasteiger charge is 2.15. The van der Waals surface area contributed by atoms with Crippen molar-refractivity contribution in [3.63, 3.8) is 0 Å². The molecule has 1 amide bonds. The molecular formula is C13H17N3O2S. The number of aromatic amines is 1. The largest absolute Gasteiger partial charge is 0.494 e. The van der Waals surface area contributed by atoms with Crippen LogP contribution in [0.15, 0.2) is 23.4 Å². The minimum Gasteiger partial charge on any atom is -0.494 e. The Morgan fingerprint density at radius 2 is 2.37 bits per heavy atom. The van der Waals surface area contributed by atoms with Gasteiger partial charge in [0.25, 0.3) is 0 Å². The summed E-state index contributed by atoms with van der Waals surface area (Å²) in [4.78, 5) is 19.1. The van der Waals surface area contributed by atoms with Crippen molar-refractivity contribution < 1.29 is 9.53 Å². The number of aromatic nitrogens is 2. The molecule has 2 rings (SSSR count). The van der Waals surface area contributed by atoms with E-state index in [0.29, 0.717) is 6.61 Å². The Hall–Kier alpha value is -1.69.